The number of nitrogens with zero attached hydrogens (tertiary/aromatic N) is 1. The van der Waals surface area contributed by atoms with Crippen molar-refractivity contribution in [3.8, 4) is 5.75 Å². The number of amides is 2. The summed E-state index contributed by atoms with van der Waals surface area (Å²) >= 11 is 5.34. The highest BCUT2D eigenvalue weighted by atomic mass is 32.1. The van der Waals surface area contributed by atoms with Gasteiger partial charge in [-0.2, -0.15) is 0 Å². The Morgan fingerprint density at radius 1 is 1.00 bits per heavy atom. The van der Waals surface area contributed by atoms with Crippen molar-refractivity contribution in [1.82, 2.24) is 10.2 Å². The molecule has 0 bridgehead atoms. The zero-order valence-electron chi connectivity index (χ0n) is 18.7. The van der Waals surface area contributed by atoms with Gasteiger partial charge in [-0.05, 0) is 67.4 Å². The zero-order valence-corrected chi connectivity index (χ0v) is 19.5. The number of nitrogens with one attached hydrogen (secondary N) is 2. The first kappa shape index (κ1) is 23.7. The Balaban J connectivity index is 1.61. The van der Waals surface area contributed by atoms with Crippen molar-refractivity contribution in [3.63, 3.8) is 0 Å². The molecule has 0 aromatic heterocycles. The molecule has 32 heavy (non-hydrogen) atoms. The normalized spacial score (nSPS) is 13.9. The Kier molecular flexibility index (Phi) is 8.62. The zero-order chi connectivity index (χ0) is 22.9. The third-order valence-electron chi connectivity index (χ3n) is 5.23. The summed E-state index contributed by atoms with van der Waals surface area (Å²) in [6.07, 6.45) is 4.36. The molecule has 1 fully saturated rings. The maximum Gasteiger partial charge on any atom is 0.257 e. The number of carbonyl (C=O) groups is 2. The van der Waals surface area contributed by atoms with Crippen LogP contribution < -0.4 is 15.4 Å². The molecule has 6 nitrogen and oxygen atoms in total. The Hall–Kier alpha value is -2.93. The number of hydrogen-bond donors (Lipinski definition) is 2. The molecule has 1 heterocycles. The van der Waals surface area contributed by atoms with Crippen molar-refractivity contribution < 1.29 is 14.3 Å². The molecule has 0 spiro atoms. The van der Waals surface area contributed by atoms with Crippen molar-refractivity contribution in [2.24, 2.45) is 5.92 Å². The summed E-state index contributed by atoms with van der Waals surface area (Å²) < 4.78 is 5.65. The lowest BCUT2D eigenvalue weighted by molar-refractivity contribution is 0.0762. The van der Waals surface area contributed by atoms with Crippen molar-refractivity contribution in [2.45, 2.75) is 39.5 Å². The van der Waals surface area contributed by atoms with Crippen molar-refractivity contribution in [3.05, 3.63) is 59.7 Å². The molecular weight excluding hydrogens is 422 g/mol. The molecule has 1 saturated heterocycles. The van der Waals surface area contributed by atoms with Crippen LogP contribution in [-0.2, 0) is 0 Å². The number of anilines is 1. The number of likely N-dealkylation sites (tertiary alicyclic amines) is 1. The molecule has 7 heteroatoms. The fourth-order valence-corrected chi connectivity index (χ4v) is 3.72. The Morgan fingerprint density at radius 2 is 1.66 bits per heavy atom. The van der Waals surface area contributed by atoms with Crippen LogP contribution in [0, 0.1) is 5.92 Å². The maximum absolute atomic E-state index is 13.1. The van der Waals surface area contributed by atoms with E-state index in [1.165, 1.54) is 0 Å². The van der Waals surface area contributed by atoms with E-state index in [9.17, 15) is 9.59 Å². The summed E-state index contributed by atoms with van der Waals surface area (Å²) in [6, 6.07) is 14.2. The molecule has 1 aliphatic heterocycles. The van der Waals surface area contributed by atoms with Gasteiger partial charge >= 0.3 is 0 Å². The van der Waals surface area contributed by atoms with Gasteiger partial charge in [-0.3, -0.25) is 14.9 Å². The van der Waals surface area contributed by atoms with Crippen LogP contribution in [0.5, 0.6) is 5.75 Å². The standard InChI is InChI=1S/C25H31N3O3S/c1-18(2)17-31-20-13-11-19(12-14-20)23(29)27-25(32)26-22-10-6-5-9-21(22)24(30)28-15-7-3-4-8-16-28/h5-6,9-14,18H,3-4,7-8,15-17H2,1-2H3,(H2,26,27,29,32). The van der Waals surface area contributed by atoms with Gasteiger partial charge in [0.1, 0.15) is 5.75 Å². The van der Waals surface area contributed by atoms with E-state index < -0.39 is 0 Å². The molecule has 170 valence electrons. The van der Waals surface area contributed by atoms with E-state index in [1.54, 1.807) is 36.4 Å². The van der Waals surface area contributed by atoms with Crippen molar-refractivity contribution in [1.29, 1.82) is 0 Å². The van der Waals surface area contributed by atoms with Gasteiger partial charge in [0.2, 0.25) is 0 Å². The summed E-state index contributed by atoms with van der Waals surface area (Å²) in [5.74, 6) is 0.808. The molecule has 2 N–H and O–H groups in total. The molecule has 0 atom stereocenters. The Bertz CT molecular complexity index is 936. The lowest BCUT2D eigenvalue weighted by Crippen LogP contribution is -2.36. The van der Waals surface area contributed by atoms with Crippen LogP contribution in [-0.4, -0.2) is 41.5 Å². The first-order chi connectivity index (χ1) is 15.4. The number of hydrogen-bond acceptors (Lipinski definition) is 4. The highest BCUT2D eigenvalue weighted by molar-refractivity contribution is 7.80. The third-order valence-corrected chi connectivity index (χ3v) is 5.43. The first-order valence-corrected chi connectivity index (χ1v) is 11.6. The molecule has 0 unspecified atom stereocenters. The minimum absolute atomic E-state index is 0.0129. The third kappa shape index (κ3) is 6.79. The number of para-hydroxylation sites is 1. The Morgan fingerprint density at radius 3 is 2.31 bits per heavy atom. The summed E-state index contributed by atoms with van der Waals surface area (Å²) in [6.45, 7) is 6.32. The second kappa shape index (κ2) is 11.6. The lowest BCUT2D eigenvalue weighted by atomic mass is 10.1. The molecular formula is C25H31N3O3S. The smallest absolute Gasteiger partial charge is 0.257 e. The van der Waals surface area contributed by atoms with Gasteiger partial charge < -0.3 is 15.0 Å². The van der Waals surface area contributed by atoms with Crippen molar-refractivity contribution in [2.75, 3.05) is 25.0 Å². The van der Waals surface area contributed by atoms with E-state index in [0.29, 0.717) is 29.3 Å². The highest BCUT2D eigenvalue weighted by Crippen LogP contribution is 2.20. The number of carbonyl (C=O) groups excluding carboxylic acids is 2. The monoisotopic (exact) mass is 453 g/mol. The molecule has 2 aromatic rings. The predicted octanol–water partition coefficient (Wildman–Crippen LogP) is 4.86. The van der Waals surface area contributed by atoms with Crippen LogP contribution in [0.2, 0.25) is 0 Å². The van der Waals surface area contributed by atoms with E-state index in [2.05, 4.69) is 24.5 Å². The van der Waals surface area contributed by atoms with Gasteiger partial charge in [0.25, 0.3) is 11.8 Å². The maximum atomic E-state index is 13.1. The second-order valence-corrected chi connectivity index (χ2v) is 8.80. The van der Waals surface area contributed by atoms with Gasteiger partial charge in [0.15, 0.2) is 5.11 Å². The van der Waals surface area contributed by atoms with Gasteiger partial charge in [-0.25, -0.2) is 0 Å². The summed E-state index contributed by atoms with van der Waals surface area (Å²) in [4.78, 5) is 27.5. The molecule has 2 amide bonds. The van der Waals surface area contributed by atoms with E-state index in [0.717, 1.165) is 44.5 Å². The highest BCUT2D eigenvalue weighted by Gasteiger charge is 2.20. The van der Waals surface area contributed by atoms with Crippen molar-refractivity contribution >= 4 is 34.8 Å². The lowest BCUT2D eigenvalue weighted by Gasteiger charge is -2.22. The van der Waals surface area contributed by atoms with Crippen LogP contribution in [0.15, 0.2) is 48.5 Å². The quantitative estimate of drug-likeness (QED) is 0.611. The van der Waals surface area contributed by atoms with E-state index in [-0.39, 0.29) is 16.9 Å². The molecule has 0 saturated carbocycles. The summed E-state index contributed by atoms with van der Waals surface area (Å²) in [7, 11) is 0. The predicted molar refractivity (Wildman–Crippen MR) is 131 cm³/mol. The molecule has 1 aliphatic rings. The molecule has 0 radical (unpaired) electrons. The number of ether oxygens (including phenoxy) is 1. The topological polar surface area (TPSA) is 70.7 Å². The minimum atomic E-state index is -0.325. The van der Waals surface area contributed by atoms with E-state index >= 15 is 0 Å². The van der Waals surface area contributed by atoms with E-state index in [1.807, 2.05) is 17.0 Å². The van der Waals surface area contributed by atoms with E-state index in [4.69, 9.17) is 17.0 Å². The van der Waals surface area contributed by atoms with Gasteiger partial charge in [-0.1, -0.05) is 38.8 Å². The summed E-state index contributed by atoms with van der Waals surface area (Å²) in [5, 5.41) is 5.85. The fourth-order valence-electron chi connectivity index (χ4n) is 3.52. The van der Waals surface area contributed by atoms with Gasteiger partial charge in [-0.15, -0.1) is 0 Å². The number of rotatable bonds is 6. The second-order valence-electron chi connectivity index (χ2n) is 8.39. The average molecular weight is 454 g/mol. The number of benzene rings is 2. The minimum Gasteiger partial charge on any atom is -0.493 e. The first-order valence-electron chi connectivity index (χ1n) is 11.2. The average Bonchev–Trinajstić information content (AvgIpc) is 3.07. The van der Waals surface area contributed by atoms with Crippen LogP contribution in [0.1, 0.15) is 60.2 Å². The molecule has 0 aliphatic carbocycles. The molecule has 3 rings (SSSR count). The van der Waals surface area contributed by atoms with Gasteiger partial charge in [0, 0.05) is 18.7 Å². The van der Waals surface area contributed by atoms with Crippen LogP contribution >= 0.6 is 12.2 Å². The summed E-state index contributed by atoms with van der Waals surface area (Å²) in [5.41, 5.74) is 1.61. The van der Waals surface area contributed by atoms with Crippen LogP contribution in [0.4, 0.5) is 5.69 Å². The fraction of sp³-hybridized carbons (Fsp3) is 0.400. The molecule has 2 aromatic carbocycles. The van der Waals surface area contributed by atoms with Crippen LogP contribution in [0.25, 0.3) is 0 Å². The van der Waals surface area contributed by atoms with Crippen LogP contribution in [0.3, 0.4) is 0 Å². The number of thiocarbonyl (C=S) groups is 1. The largest absolute Gasteiger partial charge is 0.493 e. The van der Waals surface area contributed by atoms with Gasteiger partial charge in [0.05, 0.1) is 17.9 Å². The SMILES string of the molecule is CC(C)COc1ccc(C(=O)NC(=S)Nc2ccccc2C(=O)N2CCCCCC2)cc1. The Labute approximate surface area is 195 Å².